The highest BCUT2D eigenvalue weighted by Gasteiger charge is 2.25. The van der Waals surface area contributed by atoms with Crippen LogP contribution in [-0.4, -0.2) is 59.9 Å². The van der Waals surface area contributed by atoms with Crippen molar-refractivity contribution in [3.8, 4) is 5.88 Å². The lowest BCUT2D eigenvalue weighted by molar-refractivity contribution is -0.128. The summed E-state index contributed by atoms with van der Waals surface area (Å²) in [5, 5.41) is 0. The highest BCUT2D eigenvalue weighted by atomic mass is 79.9. The van der Waals surface area contributed by atoms with Gasteiger partial charge in [0.2, 0.25) is 11.8 Å². The molecule has 3 rings (SSSR count). The number of amides is 2. The molecule has 0 saturated carbocycles. The van der Waals surface area contributed by atoms with E-state index < -0.39 is 0 Å². The Kier molecular flexibility index (Phi) is 6.46. The smallest absolute Gasteiger partial charge is 0.255 e. The van der Waals surface area contributed by atoms with Crippen LogP contribution in [0.1, 0.15) is 22.8 Å². The van der Waals surface area contributed by atoms with Gasteiger partial charge in [0.1, 0.15) is 0 Å². The predicted molar refractivity (Wildman–Crippen MR) is 111 cm³/mol. The molecule has 7 heteroatoms. The van der Waals surface area contributed by atoms with Crippen molar-refractivity contribution < 1.29 is 14.3 Å². The molecule has 146 valence electrons. The monoisotopic (exact) mass is 443 g/mol. The Morgan fingerprint density at radius 3 is 2.25 bits per heavy atom. The van der Waals surface area contributed by atoms with Gasteiger partial charge in [-0.15, -0.1) is 0 Å². The first-order chi connectivity index (χ1) is 13.5. The van der Waals surface area contributed by atoms with Crippen molar-refractivity contribution >= 4 is 33.8 Å². The molecule has 0 bridgehead atoms. The lowest BCUT2D eigenvalue weighted by Crippen LogP contribution is -2.50. The fourth-order valence-corrected chi connectivity index (χ4v) is 3.31. The average molecular weight is 444 g/mol. The number of nitrogens with zero attached hydrogens (tertiary/aromatic N) is 3. The van der Waals surface area contributed by atoms with Crippen LogP contribution in [0.25, 0.3) is 6.08 Å². The molecule has 0 aliphatic carbocycles. The molecule has 0 atom stereocenters. The quantitative estimate of drug-likeness (QED) is 0.680. The highest BCUT2D eigenvalue weighted by Crippen LogP contribution is 2.16. The van der Waals surface area contributed by atoms with E-state index in [1.54, 1.807) is 21.9 Å². The van der Waals surface area contributed by atoms with E-state index >= 15 is 0 Å². The lowest BCUT2D eigenvalue weighted by Gasteiger charge is -2.35. The number of benzene rings is 1. The number of piperazine rings is 1. The van der Waals surface area contributed by atoms with Crippen LogP contribution in [0.15, 0.2) is 52.6 Å². The van der Waals surface area contributed by atoms with E-state index in [-0.39, 0.29) is 11.8 Å². The fraction of sp³-hybridized carbons (Fsp3) is 0.286. The SMILES string of the molecule is COc1ccc(C(=O)N2CCN(C(=O)/C(C)=C/c3ccc(Br)cc3)CC2)cn1. The highest BCUT2D eigenvalue weighted by molar-refractivity contribution is 9.10. The normalized spacial score (nSPS) is 14.8. The van der Waals surface area contributed by atoms with Gasteiger partial charge in [-0.2, -0.15) is 0 Å². The van der Waals surface area contributed by atoms with Crippen LogP contribution in [0.3, 0.4) is 0 Å². The number of methoxy groups -OCH3 is 1. The van der Waals surface area contributed by atoms with Gasteiger partial charge in [0.25, 0.3) is 5.91 Å². The minimum absolute atomic E-state index is 0.00105. The minimum atomic E-state index is -0.0793. The van der Waals surface area contributed by atoms with Crippen LogP contribution < -0.4 is 4.74 Å². The Hall–Kier alpha value is -2.67. The zero-order valence-electron chi connectivity index (χ0n) is 15.9. The van der Waals surface area contributed by atoms with Crippen molar-refractivity contribution in [2.24, 2.45) is 0 Å². The van der Waals surface area contributed by atoms with Crippen molar-refractivity contribution in [3.63, 3.8) is 0 Å². The van der Waals surface area contributed by atoms with E-state index in [1.807, 2.05) is 37.3 Å². The molecule has 6 nitrogen and oxygen atoms in total. The van der Waals surface area contributed by atoms with Gasteiger partial charge in [-0.1, -0.05) is 28.1 Å². The van der Waals surface area contributed by atoms with Crippen LogP contribution in [0, 0.1) is 0 Å². The summed E-state index contributed by atoms with van der Waals surface area (Å²) in [5.74, 6) is 0.394. The van der Waals surface area contributed by atoms with Crippen LogP contribution >= 0.6 is 15.9 Å². The molecule has 0 radical (unpaired) electrons. The number of pyridine rings is 1. The van der Waals surface area contributed by atoms with Gasteiger partial charge in [-0.3, -0.25) is 9.59 Å². The summed E-state index contributed by atoms with van der Waals surface area (Å²) in [6.45, 7) is 3.86. The molecule has 0 unspecified atom stereocenters. The Bertz CT molecular complexity index is 871. The summed E-state index contributed by atoms with van der Waals surface area (Å²) in [6.07, 6.45) is 3.40. The number of carbonyl (C=O) groups excluding carboxylic acids is 2. The molecule has 28 heavy (non-hydrogen) atoms. The number of hydrogen-bond acceptors (Lipinski definition) is 4. The predicted octanol–water partition coefficient (Wildman–Crippen LogP) is 3.24. The molecular formula is C21H22BrN3O3. The van der Waals surface area contributed by atoms with Gasteiger partial charge in [-0.05, 0) is 36.8 Å². The number of carbonyl (C=O) groups is 2. The molecule has 1 aliphatic heterocycles. The van der Waals surface area contributed by atoms with Crippen LogP contribution in [-0.2, 0) is 4.79 Å². The standard InChI is InChI=1S/C21H22BrN3O3/c1-15(13-16-3-6-18(22)7-4-16)20(26)24-9-11-25(12-10-24)21(27)17-5-8-19(28-2)23-14-17/h3-8,13-14H,9-12H2,1-2H3/b15-13+. The topological polar surface area (TPSA) is 62.7 Å². The Labute approximate surface area is 172 Å². The summed E-state index contributed by atoms with van der Waals surface area (Å²) < 4.78 is 6.02. The van der Waals surface area contributed by atoms with Crippen molar-refractivity contribution in [3.05, 3.63) is 63.8 Å². The second-order valence-electron chi connectivity index (χ2n) is 6.55. The Morgan fingerprint density at radius 1 is 1.04 bits per heavy atom. The molecule has 1 aliphatic rings. The molecule has 2 aromatic rings. The van der Waals surface area contributed by atoms with Crippen molar-refractivity contribution in [1.29, 1.82) is 0 Å². The van der Waals surface area contributed by atoms with E-state index in [0.717, 1.165) is 10.0 Å². The van der Waals surface area contributed by atoms with Gasteiger partial charge < -0.3 is 14.5 Å². The lowest BCUT2D eigenvalue weighted by atomic mass is 10.1. The Morgan fingerprint density at radius 2 is 1.68 bits per heavy atom. The summed E-state index contributed by atoms with van der Waals surface area (Å²) in [7, 11) is 1.53. The van der Waals surface area contributed by atoms with Crippen LogP contribution in [0.5, 0.6) is 5.88 Å². The molecule has 2 heterocycles. The fourth-order valence-electron chi connectivity index (χ4n) is 3.04. The first-order valence-corrected chi connectivity index (χ1v) is 9.79. The van der Waals surface area contributed by atoms with Crippen LogP contribution in [0.4, 0.5) is 0 Å². The van der Waals surface area contributed by atoms with Gasteiger partial charge in [0.05, 0.1) is 12.7 Å². The maximum atomic E-state index is 12.7. The first kappa shape index (κ1) is 20.1. The number of rotatable bonds is 4. The third-order valence-electron chi connectivity index (χ3n) is 4.64. The third-order valence-corrected chi connectivity index (χ3v) is 5.17. The van der Waals surface area contributed by atoms with E-state index in [2.05, 4.69) is 20.9 Å². The van der Waals surface area contributed by atoms with E-state index in [4.69, 9.17) is 4.74 Å². The second-order valence-corrected chi connectivity index (χ2v) is 7.47. The van der Waals surface area contributed by atoms with Gasteiger partial charge in [0.15, 0.2) is 0 Å². The largest absolute Gasteiger partial charge is 0.481 e. The van der Waals surface area contributed by atoms with Crippen molar-refractivity contribution in [2.45, 2.75) is 6.92 Å². The summed E-state index contributed by atoms with van der Waals surface area (Å²) >= 11 is 3.41. The van der Waals surface area contributed by atoms with Gasteiger partial charge in [-0.25, -0.2) is 4.98 Å². The Balaban J connectivity index is 1.58. The number of hydrogen-bond donors (Lipinski definition) is 0. The van der Waals surface area contributed by atoms with E-state index in [1.165, 1.54) is 13.3 Å². The van der Waals surface area contributed by atoms with Crippen molar-refractivity contribution in [2.75, 3.05) is 33.3 Å². The molecule has 0 N–H and O–H groups in total. The summed E-state index contributed by atoms with van der Waals surface area (Å²) in [5.41, 5.74) is 2.18. The minimum Gasteiger partial charge on any atom is -0.481 e. The maximum absolute atomic E-state index is 12.7. The van der Waals surface area contributed by atoms with Gasteiger partial charge in [0, 0.05) is 48.5 Å². The molecule has 1 fully saturated rings. The zero-order valence-corrected chi connectivity index (χ0v) is 17.5. The van der Waals surface area contributed by atoms with E-state index in [0.29, 0.717) is 43.2 Å². The number of aromatic nitrogens is 1. The number of halogens is 1. The molecular weight excluding hydrogens is 422 g/mol. The zero-order chi connectivity index (χ0) is 20.1. The molecule has 1 aromatic carbocycles. The average Bonchev–Trinajstić information content (AvgIpc) is 2.74. The number of ether oxygens (including phenoxy) is 1. The van der Waals surface area contributed by atoms with Gasteiger partial charge >= 0.3 is 0 Å². The maximum Gasteiger partial charge on any atom is 0.255 e. The summed E-state index contributed by atoms with van der Waals surface area (Å²) in [6, 6.07) is 11.2. The third kappa shape index (κ3) is 4.78. The molecule has 1 saturated heterocycles. The first-order valence-electron chi connectivity index (χ1n) is 9.00. The van der Waals surface area contributed by atoms with E-state index in [9.17, 15) is 9.59 Å². The summed E-state index contributed by atoms with van der Waals surface area (Å²) in [4.78, 5) is 32.9. The molecule has 1 aromatic heterocycles. The second kappa shape index (κ2) is 9.01. The molecule has 2 amide bonds. The van der Waals surface area contributed by atoms with Crippen LogP contribution in [0.2, 0.25) is 0 Å². The molecule has 0 spiro atoms. The van der Waals surface area contributed by atoms with Crippen molar-refractivity contribution in [1.82, 2.24) is 14.8 Å².